The van der Waals surface area contributed by atoms with Crippen LogP contribution in [0.3, 0.4) is 0 Å². The van der Waals surface area contributed by atoms with Gasteiger partial charge >= 0.3 is 0 Å². The second-order valence-corrected chi connectivity index (χ2v) is 7.16. The van der Waals surface area contributed by atoms with Crippen LogP contribution in [0, 0.1) is 13.8 Å². The summed E-state index contributed by atoms with van der Waals surface area (Å²) in [6.07, 6.45) is 2.10. The molecule has 0 aliphatic carbocycles. The zero-order valence-electron chi connectivity index (χ0n) is 15.6. The van der Waals surface area contributed by atoms with Gasteiger partial charge in [0.05, 0.1) is 11.6 Å². The highest BCUT2D eigenvalue weighted by molar-refractivity contribution is 5.96. The Morgan fingerprint density at radius 1 is 1.08 bits per heavy atom. The van der Waals surface area contributed by atoms with Gasteiger partial charge in [-0.3, -0.25) is 4.79 Å². The van der Waals surface area contributed by atoms with E-state index in [4.69, 9.17) is 0 Å². The van der Waals surface area contributed by atoms with Crippen molar-refractivity contribution in [2.75, 3.05) is 6.54 Å². The Hall–Kier alpha value is -2.75. The third-order valence-electron chi connectivity index (χ3n) is 5.59. The first-order valence-electron chi connectivity index (χ1n) is 9.23. The van der Waals surface area contributed by atoms with E-state index in [1.165, 1.54) is 11.3 Å². The van der Waals surface area contributed by atoms with Crippen LogP contribution in [0.2, 0.25) is 0 Å². The Morgan fingerprint density at radius 2 is 1.85 bits per heavy atom. The van der Waals surface area contributed by atoms with Gasteiger partial charge in [-0.2, -0.15) is 0 Å². The van der Waals surface area contributed by atoms with Gasteiger partial charge in [-0.25, -0.2) is 0 Å². The van der Waals surface area contributed by atoms with Crippen molar-refractivity contribution in [1.29, 1.82) is 0 Å². The van der Waals surface area contributed by atoms with E-state index < -0.39 is 0 Å². The topological polar surface area (TPSA) is 30.2 Å². The van der Waals surface area contributed by atoms with E-state index in [1.54, 1.807) is 0 Å². The predicted octanol–water partition coefficient (Wildman–Crippen LogP) is 4.17. The number of amides is 1. The number of carbonyl (C=O) groups is 1. The lowest BCUT2D eigenvalue weighted by Gasteiger charge is -2.35. The number of hydrogen-bond acceptors (Lipinski definition) is 1. The number of carbonyl (C=O) groups excluding carboxylic acids is 1. The molecule has 0 spiro atoms. The van der Waals surface area contributed by atoms with Gasteiger partial charge in [-0.15, -0.1) is 0 Å². The van der Waals surface area contributed by atoms with Gasteiger partial charge < -0.3 is 14.0 Å². The van der Waals surface area contributed by atoms with Crippen molar-refractivity contribution in [1.82, 2.24) is 14.0 Å². The minimum atomic E-state index is 0.100. The molecule has 3 heterocycles. The number of aromatic nitrogens is 2. The Labute approximate surface area is 154 Å². The van der Waals surface area contributed by atoms with Crippen molar-refractivity contribution in [3.63, 3.8) is 0 Å². The molecule has 0 N–H and O–H groups in total. The molecule has 0 fully saturated rings. The van der Waals surface area contributed by atoms with Crippen molar-refractivity contribution in [2.24, 2.45) is 0 Å². The van der Waals surface area contributed by atoms with Crippen molar-refractivity contribution in [3.8, 4) is 0 Å². The van der Waals surface area contributed by atoms with Gasteiger partial charge in [0, 0.05) is 42.9 Å². The standard InChI is InChI=1S/C22H25N3O/c1-16-14-20(17(2)25(16)15-19-8-5-4-6-9-19)22(26)24-13-12-23-11-7-10-21(23)18(24)3/h4-11,14,18H,12-13,15H2,1-3H3/t18-/m0/s1. The maximum atomic E-state index is 13.3. The Balaban J connectivity index is 1.62. The summed E-state index contributed by atoms with van der Waals surface area (Å²) in [5.41, 5.74) is 5.46. The van der Waals surface area contributed by atoms with Gasteiger partial charge in [0.25, 0.3) is 5.91 Å². The van der Waals surface area contributed by atoms with E-state index >= 15 is 0 Å². The molecule has 1 aromatic carbocycles. The Bertz CT molecular complexity index is 936. The number of nitrogens with zero attached hydrogens (tertiary/aromatic N) is 3. The van der Waals surface area contributed by atoms with Crippen molar-refractivity contribution in [2.45, 2.75) is 39.9 Å². The van der Waals surface area contributed by atoms with Crippen LogP contribution in [0.5, 0.6) is 0 Å². The molecule has 1 aliphatic heterocycles. The summed E-state index contributed by atoms with van der Waals surface area (Å²) in [6.45, 7) is 8.67. The van der Waals surface area contributed by atoms with Crippen LogP contribution in [-0.2, 0) is 13.1 Å². The predicted molar refractivity (Wildman–Crippen MR) is 103 cm³/mol. The van der Waals surface area contributed by atoms with Crippen molar-refractivity contribution in [3.05, 3.63) is 82.9 Å². The molecule has 0 radical (unpaired) electrons. The minimum absolute atomic E-state index is 0.100. The molecule has 4 rings (SSSR count). The smallest absolute Gasteiger partial charge is 0.256 e. The molecule has 1 aliphatic rings. The highest BCUT2D eigenvalue weighted by atomic mass is 16.2. The first kappa shape index (κ1) is 16.7. The highest BCUT2D eigenvalue weighted by Gasteiger charge is 2.30. The maximum absolute atomic E-state index is 13.3. The first-order chi connectivity index (χ1) is 12.6. The summed E-state index contributed by atoms with van der Waals surface area (Å²) < 4.78 is 4.48. The van der Waals surface area contributed by atoms with E-state index in [0.717, 1.165) is 36.6 Å². The molecule has 2 aromatic heterocycles. The average Bonchev–Trinajstić information content (AvgIpc) is 3.23. The average molecular weight is 347 g/mol. The number of benzene rings is 1. The van der Waals surface area contributed by atoms with E-state index in [9.17, 15) is 4.79 Å². The molecule has 0 bridgehead atoms. The molecule has 4 nitrogen and oxygen atoms in total. The van der Waals surface area contributed by atoms with E-state index in [-0.39, 0.29) is 11.9 Å². The Morgan fingerprint density at radius 3 is 2.62 bits per heavy atom. The molecular weight excluding hydrogens is 322 g/mol. The van der Waals surface area contributed by atoms with E-state index in [2.05, 4.69) is 72.5 Å². The Kier molecular flexibility index (Phi) is 4.19. The number of fused-ring (bicyclic) bond motifs is 1. The lowest BCUT2D eigenvalue weighted by Crippen LogP contribution is -2.40. The number of aryl methyl sites for hydroxylation is 1. The van der Waals surface area contributed by atoms with Crippen LogP contribution in [-0.4, -0.2) is 26.5 Å². The second-order valence-electron chi connectivity index (χ2n) is 7.16. The molecule has 3 aromatic rings. The summed E-state index contributed by atoms with van der Waals surface area (Å²) in [6, 6.07) is 16.7. The molecule has 134 valence electrons. The quantitative estimate of drug-likeness (QED) is 0.699. The summed E-state index contributed by atoms with van der Waals surface area (Å²) in [7, 11) is 0. The van der Waals surface area contributed by atoms with Crippen molar-refractivity contribution < 1.29 is 4.79 Å². The molecule has 0 saturated heterocycles. The summed E-state index contributed by atoms with van der Waals surface area (Å²) in [4.78, 5) is 15.3. The second kappa shape index (κ2) is 6.52. The normalized spacial score (nSPS) is 16.6. The SMILES string of the molecule is Cc1cc(C(=O)N2CCn3cccc3[C@@H]2C)c(C)n1Cc1ccccc1. The van der Waals surface area contributed by atoms with Crippen LogP contribution >= 0.6 is 0 Å². The molecule has 1 amide bonds. The summed E-state index contributed by atoms with van der Waals surface area (Å²) in [5.74, 6) is 0.136. The lowest BCUT2D eigenvalue weighted by atomic mass is 10.1. The van der Waals surface area contributed by atoms with Gasteiger partial charge in [0.2, 0.25) is 0 Å². The molecular formula is C22H25N3O. The lowest BCUT2D eigenvalue weighted by molar-refractivity contribution is 0.0643. The monoisotopic (exact) mass is 347 g/mol. The third kappa shape index (κ3) is 2.75. The number of hydrogen-bond donors (Lipinski definition) is 0. The zero-order chi connectivity index (χ0) is 18.3. The largest absolute Gasteiger partial charge is 0.348 e. The minimum Gasteiger partial charge on any atom is -0.348 e. The zero-order valence-corrected chi connectivity index (χ0v) is 15.6. The van der Waals surface area contributed by atoms with Gasteiger partial charge in [0.1, 0.15) is 0 Å². The summed E-state index contributed by atoms with van der Waals surface area (Å²) in [5, 5.41) is 0. The van der Waals surface area contributed by atoms with E-state index in [1.807, 2.05) is 17.0 Å². The van der Waals surface area contributed by atoms with Crippen molar-refractivity contribution >= 4 is 5.91 Å². The summed E-state index contributed by atoms with van der Waals surface area (Å²) >= 11 is 0. The molecule has 26 heavy (non-hydrogen) atoms. The maximum Gasteiger partial charge on any atom is 0.256 e. The fourth-order valence-corrected chi connectivity index (χ4v) is 4.04. The number of rotatable bonds is 3. The first-order valence-corrected chi connectivity index (χ1v) is 9.23. The highest BCUT2D eigenvalue weighted by Crippen LogP contribution is 2.28. The van der Waals surface area contributed by atoms with Gasteiger partial charge in [0.15, 0.2) is 0 Å². The fraction of sp³-hybridized carbons (Fsp3) is 0.318. The van der Waals surface area contributed by atoms with Crippen LogP contribution in [0.4, 0.5) is 0 Å². The van der Waals surface area contributed by atoms with Crippen LogP contribution in [0.15, 0.2) is 54.7 Å². The van der Waals surface area contributed by atoms with E-state index in [0.29, 0.717) is 0 Å². The molecule has 1 atom stereocenters. The van der Waals surface area contributed by atoms with Gasteiger partial charge in [-0.1, -0.05) is 30.3 Å². The fourth-order valence-electron chi connectivity index (χ4n) is 4.04. The van der Waals surface area contributed by atoms with Crippen LogP contribution < -0.4 is 0 Å². The van der Waals surface area contributed by atoms with Gasteiger partial charge in [-0.05, 0) is 44.5 Å². The molecule has 0 unspecified atom stereocenters. The van der Waals surface area contributed by atoms with Crippen LogP contribution in [0.25, 0.3) is 0 Å². The molecule has 4 heteroatoms. The van der Waals surface area contributed by atoms with Crippen LogP contribution in [0.1, 0.15) is 46.0 Å². The third-order valence-corrected chi connectivity index (χ3v) is 5.59. The molecule has 0 saturated carbocycles.